The summed E-state index contributed by atoms with van der Waals surface area (Å²) in [6.07, 6.45) is -2.37. The number of ether oxygens (including phenoxy) is 1. The van der Waals surface area contributed by atoms with Gasteiger partial charge in [-0.3, -0.25) is 0 Å². The third kappa shape index (κ3) is 6.16. The SMILES string of the molecule is Cc1ccc(Br)c(C(O)C(O)CCNC(=O)OCc2ccccc2)c1. The van der Waals surface area contributed by atoms with Crippen LogP contribution in [0.1, 0.15) is 29.2 Å². The molecule has 0 aliphatic rings. The van der Waals surface area contributed by atoms with Crippen molar-refractivity contribution in [1.29, 1.82) is 0 Å². The third-order valence-electron chi connectivity index (χ3n) is 3.76. The van der Waals surface area contributed by atoms with Gasteiger partial charge >= 0.3 is 6.09 Å². The standard InChI is InChI=1S/C19H22BrNO4/c1-13-7-8-16(20)15(11-13)18(23)17(22)9-10-21-19(24)25-12-14-5-3-2-4-6-14/h2-8,11,17-18,22-23H,9-10,12H2,1H3,(H,21,24). The molecule has 0 spiro atoms. The Morgan fingerprint density at radius 2 is 1.92 bits per heavy atom. The van der Waals surface area contributed by atoms with Gasteiger partial charge in [-0.15, -0.1) is 0 Å². The van der Waals surface area contributed by atoms with Gasteiger partial charge in [0, 0.05) is 11.0 Å². The molecule has 134 valence electrons. The van der Waals surface area contributed by atoms with Gasteiger partial charge < -0.3 is 20.3 Å². The fourth-order valence-electron chi connectivity index (χ4n) is 2.35. The number of aliphatic hydroxyl groups excluding tert-OH is 2. The molecule has 0 heterocycles. The second kappa shape index (κ2) is 9.56. The first-order valence-corrected chi connectivity index (χ1v) is 8.83. The minimum absolute atomic E-state index is 0.189. The monoisotopic (exact) mass is 407 g/mol. The summed E-state index contributed by atoms with van der Waals surface area (Å²) < 4.78 is 5.82. The molecular weight excluding hydrogens is 386 g/mol. The van der Waals surface area contributed by atoms with Gasteiger partial charge in [0.15, 0.2) is 0 Å². The van der Waals surface area contributed by atoms with E-state index >= 15 is 0 Å². The van der Waals surface area contributed by atoms with Crippen LogP contribution in [0.15, 0.2) is 53.0 Å². The molecule has 1 amide bonds. The number of alkyl carbamates (subject to hydrolysis) is 1. The van der Waals surface area contributed by atoms with E-state index < -0.39 is 18.3 Å². The van der Waals surface area contributed by atoms with Crippen molar-refractivity contribution < 1.29 is 19.7 Å². The van der Waals surface area contributed by atoms with Crippen LogP contribution in [-0.2, 0) is 11.3 Å². The molecule has 0 saturated heterocycles. The number of nitrogens with one attached hydrogen (secondary N) is 1. The average molecular weight is 408 g/mol. The molecule has 2 unspecified atom stereocenters. The second-order valence-corrected chi connectivity index (χ2v) is 6.67. The number of carbonyl (C=O) groups excluding carboxylic acids is 1. The van der Waals surface area contributed by atoms with Crippen LogP contribution in [-0.4, -0.2) is 29.0 Å². The van der Waals surface area contributed by atoms with Crippen molar-refractivity contribution in [2.45, 2.75) is 32.2 Å². The van der Waals surface area contributed by atoms with Crippen LogP contribution in [0.25, 0.3) is 0 Å². The first-order chi connectivity index (χ1) is 12.0. The molecule has 2 rings (SSSR count). The van der Waals surface area contributed by atoms with Gasteiger partial charge in [-0.05, 0) is 30.5 Å². The number of halogens is 1. The summed E-state index contributed by atoms with van der Waals surface area (Å²) in [6, 6.07) is 14.9. The topological polar surface area (TPSA) is 78.8 Å². The molecule has 0 bridgehead atoms. The van der Waals surface area contributed by atoms with Crippen molar-refractivity contribution >= 4 is 22.0 Å². The Kier molecular flexibility index (Phi) is 7.43. The number of hydrogen-bond donors (Lipinski definition) is 3. The lowest BCUT2D eigenvalue weighted by Gasteiger charge is -2.20. The zero-order chi connectivity index (χ0) is 18.2. The summed E-state index contributed by atoms with van der Waals surface area (Å²) in [7, 11) is 0. The van der Waals surface area contributed by atoms with Crippen LogP contribution in [0.3, 0.4) is 0 Å². The van der Waals surface area contributed by atoms with E-state index in [9.17, 15) is 15.0 Å². The molecule has 0 aliphatic carbocycles. The molecule has 0 aliphatic heterocycles. The number of benzene rings is 2. The van der Waals surface area contributed by atoms with E-state index in [0.717, 1.165) is 15.6 Å². The molecule has 6 heteroatoms. The predicted molar refractivity (Wildman–Crippen MR) is 99.1 cm³/mol. The summed E-state index contributed by atoms with van der Waals surface area (Å²) >= 11 is 3.37. The van der Waals surface area contributed by atoms with E-state index in [2.05, 4.69) is 21.2 Å². The summed E-state index contributed by atoms with van der Waals surface area (Å²) in [4.78, 5) is 11.7. The van der Waals surface area contributed by atoms with Crippen LogP contribution in [0.5, 0.6) is 0 Å². The maximum absolute atomic E-state index is 11.7. The van der Waals surface area contributed by atoms with Crippen molar-refractivity contribution in [1.82, 2.24) is 5.32 Å². The Morgan fingerprint density at radius 1 is 1.20 bits per heavy atom. The molecule has 0 radical (unpaired) electrons. The highest BCUT2D eigenvalue weighted by Gasteiger charge is 2.20. The molecule has 2 atom stereocenters. The zero-order valence-electron chi connectivity index (χ0n) is 14.0. The van der Waals surface area contributed by atoms with Crippen molar-refractivity contribution in [3.8, 4) is 0 Å². The molecule has 0 aromatic heterocycles. The highest BCUT2D eigenvalue weighted by molar-refractivity contribution is 9.10. The Labute approximate surface area is 155 Å². The van der Waals surface area contributed by atoms with Gasteiger partial charge in [-0.25, -0.2) is 4.79 Å². The van der Waals surface area contributed by atoms with E-state index in [1.807, 2.05) is 55.5 Å². The van der Waals surface area contributed by atoms with Crippen LogP contribution in [0.4, 0.5) is 4.79 Å². The Hall–Kier alpha value is -1.89. The molecule has 2 aromatic carbocycles. The highest BCUT2D eigenvalue weighted by atomic mass is 79.9. The van der Waals surface area contributed by atoms with Gasteiger partial charge in [0.1, 0.15) is 12.7 Å². The molecule has 2 aromatic rings. The van der Waals surface area contributed by atoms with Gasteiger partial charge in [-0.2, -0.15) is 0 Å². The van der Waals surface area contributed by atoms with Gasteiger partial charge in [0.25, 0.3) is 0 Å². The lowest BCUT2D eigenvalue weighted by atomic mass is 10.0. The van der Waals surface area contributed by atoms with Crippen molar-refractivity contribution in [3.63, 3.8) is 0 Å². The van der Waals surface area contributed by atoms with Crippen molar-refractivity contribution in [3.05, 3.63) is 69.7 Å². The molecule has 0 saturated carbocycles. The minimum Gasteiger partial charge on any atom is -0.445 e. The molecule has 3 N–H and O–H groups in total. The van der Waals surface area contributed by atoms with Crippen LogP contribution < -0.4 is 5.32 Å². The largest absolute Gasteiger partial charge is 0.445 e. The normalized spacial score (nSPS) is 13.1. The fraction of sp³-hybridized carbons (Fsp3) is 0.316. The van der Waals surface area contributed by atoms with E-state index in [4.69, 9.17) is 4.74 Å². The number of carbonyl (C=O) groups is 1. The second-order valence-electron chi connectivity index (χ2n) is 5.81. The smallest absolute Gasteiger partial charge is 0.407 e. The Balaban J connectivity index is 1.75. The minimum atomic E-state index is -1.03. The molecule has 25 heavy (non-hydrogen) atoms. The average Bonchev–Trinajstić information content (AvgIpc) is 2.62. The number of aliphatic hydroxyl groups is 2. The maximum atomic E-state index is 11.7. The third-order valence-corrected chi connectivity index (χ3v) is 4.48. The zero-order valence-corrected chi connectivity index (χ0v) is 15.6. The molecule has 5 nitrogen and oxygen atoms in total. The summed E-state index contributed by atoms with van der Waals surface area (Å²) in [5, 5.41) is 23.0. The summed E-state index contributed by atoms with van der Waals surface area (Å²) in [5.41, 5.74) is 2.52. The fourth-order valence-corrected chi connectivity index (χ4v) is 2.83. The lowest BCUT2D eigenvalue weighted by molar-refractivity contribution is 0.0132. The first kappa shape index (κ1) is 19.4. The van der Waals surface area contributed by atoms with Crippen LogP contribution in [0.2, 0.25) is 0 Å². The van der Waals surface area contributed by atoms with Crippen LogP contribution in [0, 0.1) is 6.92 Å². The van der Waals surface area contributed by atoms with E-state index in [0.29, 0.717) is 5.56 Å². The molecule has 0 fully saturated rings. The van der Waals surface area contributed by atoms with Crippen LogP contribution >= 0.6 is 15.9 Å². The predicted octanol–water partition coefficient (Wildman–Crippen LogP) is 3.47. The number of aryl methyl sites for hydroxylation is 1. The van der Waals surface area contributed by atoms with Gasteiger partial charge in [0.2, 0.25) is 0 Å². The maximum Gasteiger partial charge on any atom is 0.407 e. The number of amides is 1. The number of hydrogen-bond acceptors (Lipinski definition) is 4. The van der Waals surface area contributed by atoms with Gasteiger partial charge in [-0.1, -0.05) is 64.0 Å². The number of rotatable bonds is 7. The van der Waals surface area contributed by atoms with E-state index in [-0.39, 0.29) is 19.6 Å². The highest BCUT2D eigenvalue weighted by Crippen LogP contribution is 2.27. The Morgan fingerprint density at radius 3 is 2.64 bits per heavy atom. The summed E-state index contributed by atoms with van der Waals surface area (Å²) in [6.45, 7) is 2.31. The lowest BCUT2D eigenvalue weighted by Crippen LogP contribution is -2.29. The van der Waals surface area contributed by atoms with Gasteiger partial charge in [0.05, 0.1) is 6.10 Å². The van der Waals surface area contributed by atoms with Crippen molar-refractivity contribution in [2.75, 3.05) is 6.54 Å². The van der Waals surface area contributed by atoms with E-state index in [1.165, 1.54) is 0 Å². The molecular formula is C19H22BrNO4. The van der Waals surface area contributed by atoms with E-state index in [1.54, 1.807) is 0 Å². The quantitative estimate of drug-likeness (QED) is 0.656. The van der Waals surface area contributed by atoms with Crippen molar-refractivity contribution in [2.24, 2.45) is 0 Å². The summed E-state index contributed by atoms with van der Waals surface area (Å²) in [5.74, 6) is 0. The first-order valence-electron chi connectivity index (χ1n) is 8.04. The Bertz CT molecular complexity index is 693.